The van der Waals surface area contributed by atoms with Crippen molar-refractivity contribution < 1.29 is 0 Å². The van der Waals surface area contributed by atoms with Gasteiger partial charge in [0.1, 0.15) is 0 Å². The summed E-state index contributed by atoms with van der Waals surface area (Å²) in [6.07, 6.45) is 20.5. The molecule has 4 aliphatic rings. The summed E-state index contributed by atoms with van der Waals surface area (Å²) < 4.78 is 0. The van der Waals surface area contributed by atoms with Gasteiger partial charge in [-0.3, -0.25) is 0 Å². The van der Waals surface area contributed by atoms with Crippen molar-refractivity contribution in [1.82, 2.24) is 4.90 Å². The highest BCUT2D eigenvalue weighted by Gasteiger charge is 2.39. The maximum atomic E-state index is 3.00. The monoisotopic (exact) mass is 929 g/mol. The molecule has 2 saturated heterocycles. The smallest absolute Gasteiger partial charge is 0.0366 e. The van der Waals surface area contributed by atoms with Crippen LogP contribution in [0.15, 0.2) is 117 Å². The summed E-state index contributed by atoms with van der Waals surface area (Å²) >= 11 is 0. The Kier molecular flexibility index (Phi) is 36.7. The van der Waals surface area contributed by atoms with Crippen molar-refractivity contribution in [2.24, 2.45) is 11.3 Å². The van der Waals surface area contributed by atoms with Crippen molar-refractivity contribution in [3.63, 3.8) is 0 Å². The minimum absolute atomic E-state index is 0.430. The molecule has 68 heavy (non-hydrogen) atoms. The first-order valence-electron chi connectivity index (χ1n) is 28.1. The molecule has 2 unspecified atom stereocenters. The zero-order valence-electron chi connectivity index (χ0n) is 47.3. The Balaban J connectivity index is 0.00000144. The van der Waals surface area contributed by atoms with E-state index in [-0.39, 0.29) is 0 Å². The first-order valence-corrected chi connectivity index (χ1v) is 28.1. The lowest BCUT2D eigenvalue weighted by Crippen LogP contribution is -2.39. The summed E-state index contributed by atoms with van der Waals surface area (Å²) in [5.74, 6) is 1.84. The molecule has 2 atom stereocenters. The molecular formula is C66H108N2. The van der Waals surface area contributed by atoms with Crippen LogP contribution in [-0.4, -0.2) is 37.6 Å². The summed E-state index contributed by atoms with van der Waals surface area (Å²) in [6, 6.07) is 35.0. The van der Waals surface area contributed by atoms with E-state index in [1.165, 1.54) is 168 Å². The molecule has 0 radical (unpaired) electrons. The summed E-state index contributed by atoms with van der Waals surface area (Å²) in [6.45, 7) is 47.6. The van der Waals surface area contributed by atoms with E-state index >= 15 is 0 Å². The maximum Gasteiger partial charge on any atom is 0.0366 e. The van der Waals surface area contributed by atoms with Crippen LogP contribution in [0, 0.1) is 32.1 Å². The van der Waals surface area contributed by atoms with E-state index < -0.39 is 0 Å². The number of aryl methyl sites for hydroxylation is 5. The molecule has 0 N–H and O–H groups in total. The first kappa shape index (κ1) is 64.1. The van der Waals surface area contributed by atoms with Gasteiger partial charge in [-0.25, -0.2) is 0 Å². The van der Waals surface area contributed by atoms with Gasteiger partial charge < -0.3 is 9.80 Å². The molecule has 1 saturated carbocycles. The van der Waals surface area contributed by atoms with Crippen molar-refractivity contribution in [2.75, 3.05) is 37.6 Å². The highest BCUT2D eigenvalue weighted by Crippen LogP contribution is 2.47. The summed E-state index contributed by atoms with van der Waals surface area (Å²) in [4.78, 5) is 5.50. The number of likely N-dealkylation sites (tertiary alicyclic amines) is 1. The van der Waals surface area contributed by atoms with Gasteiger partial charge in [-0.1, -0.05) is 206 Å². The van der Waals surface area contributed by atoms with Crippen molar-refractivity contribution in [1.29, 1.82) is 0 Å². The second kappa shape index (κ2) is 38.9. The quantitative estimate of drug-likeness (QED) is 0.154. The first-order chi connectivity index (χ1) is 33.3. The van der Waals surface area contributed by atoms with E-state index in [9.17, 15) is 0 Å². The lowest BCUT2D eigenvalue weighted by Gasteiger charge is -2.37. The van der Waals surface area contributed by atoms with Gasteiger partial charge in [-0.15, -0.1) is 26.3 Å². The third-order valence-electron chi connectivity index (χ3n) is 14.0. The summed E-state index contributed by atoms with van der Waals surface area (Å²) in [7, 11) is 0. The van der Waals surface area contributed by atoms with Crippen LogP contribution in [0.4, 0.5) is 5.69 Å². The third-order valence-corrected chi connectivity index (χ3v) is 14.0. The van der Waals surface area contributed by atoms with Crippen LogP contribution in [0.5, 0.6) is 0 Å². The van der Waals surface area contributed by atoms with E-state index in [4.69, 9.17) is 0 Å². The van der Waals surface area contributed by atoms with Gasteiger partial charge in [-0.05, 0) is 147 Å². The Morgan fingerprint density at radius 3 is 1.71 bits per heavy atom. The average molecular weight is 930 g/mol. The van der Waals surface area contributed by atoms with Gasteiger partial charge in [0.15, 0.2) is 0 Å². The van der Waals surface area contributed by atoms with Gasteiger partial charge in [-0.2, -0.15) is 0 Å². The summed E-state index contributed by atoms with van der Waals surface area (Å²) in [5.41, 5.74) is 13.8. The average Bonchev–Trinajstić information content (AvgIpc) is 3.80. The molecule has 4 aromatic rings. The molecule has 8 rings (SSSR count). The van der Waals surface area contributed by atoms with E-state index in [2.05, 4.69) is 169 Å². The number of hydrogen-bond acceptors (Lipinski definition) is 2. The number of nitrogens with zero attached hydrogens (tertiary/aromatic N) is 2. The number of rotatable bonds is 9. The lowest BCUT2D eigenvalue weighted by molar-refractivity contribution is 0.171. The molecule has 2 nitrogen and oxygen atoms in total. The van der Waals surface area contributed by atoms with Crippen LogP contribution in [0.3, 0.4) is 0 Å². The fourth-order valence-electron chi connectivity index (χ4n) is 10.6. The third kappa shape index (κ3) is 21.0. The predicted molar refractivity (Wildman–Crippen MR) is 311 cm³/mol. The van der Waals surface area contributed by atoms with Gasteiger partial charge in [0.2, 0.25) is 0 Å². The highest BCUT2D eigenvalue weighted by atomic mass is 15.2. The maximum absolute atomic E-state index is 3.00. The molecule has 3 fully saturated rings. The lowest BCUT2D eigenvalue weighted by atomic mass is 9.69. The van der Waals surface area contributed by atoms with Crippen molar-refractivity contribution >= 4 is 5.69 Å². The largest absolute Gasteiger partial charge is 0.372 e. The van der Waals surface area contributed by atoms with Crippen molar-refractivity contribution in [2.45, 2.75) is 205 Å². The van der Waals surface area contributed by atoms with Crippen LogP contribution >= 0.6 is 0 Å². The van der Waals surface area contributed by atoms with Crippen LogP contribution < -0.4 is 4.90 Å². The van der Waals surface area contributed by atoms with Gasteiger partial charge in [0.05, 0.1) is 0 Å². The standard InChI is InChI=1S/C40H52N2.C9H12.C5H12.4C2H6.2C2H4/c1-2-9-31-12-18-38-35(28-31)15-19-37(33-10-5-3-6-11-33)39(38)34-13-16-36(17-14-34)42-25-20-32(21-26-42)29-41-27-24-40(30-41)22-7-4-8-23-40;1-7-4-5-8(2)9(3)6-7;1-3-5-4-2;6*1-2/h3,5-6,10-14,16-18,28,32,37,39H,2,4,7-9,15,19-27,29-30H2,1H3;4-6H,1-3H3;3-5H2,1-2H3;4*1-2H3;2*1-2H2. The minimum Gasteiger partial charge on any atom is -0.372 e. The van der Waals surface area contributed by atoms with Crippen LogP contribution in [0.25, 0.3) is 0 Å². The van der Waals surface area contributed by atoms with Crippen LogP contribution in [0.1, 0.15) is 216 Å². The molecule has 1 spiro atoms. The molecule has 2 aliphatic heterocycles. The molecule has 0 aromatic heterocycles. The van der Waals surface area contributed by atoms with E-state index in [0.717, 1.165) is 5.92 Å². The SMILES string of the molecule is C=C.C=C.CC.CC.CC.CC.CCCCC.CCCc1ccc2c(c1)CCC(c1ccccc1)C2c1ccc(N2CCC(CN3CCC4(CCCCC4)C3)CC2)cc1.Cc1ccc(C)c(C)c1. The fourth-order valence-corrected chi connectivity index (χ4v) is 10.6. The van der Waals surface area contributed by atoms with E-state index in [1.54, 1.807) is 11.1 Å². The Morgan fingerprint density at radius 1 is 0.574 bits per heavy atom. The molecule has 4 aromatic carbocycles. The summed E-state index contributed by atoms with van der Waals surface area (Å²) in [5, 5.41) is 0. The van der Waals surface area contributed by atoms with Gasteiger partial charge in [0.25, 0.3) is 0 Å². The normalized spacial score (nSPS) is 17.6. The van der Waals surface area contributed by atoms with Crippen LogP contribution in [-0.2, 0) is 12.8 Å². The molecule has 2 heterocycles. The Bertz CT molecular complexity index is 1770. The zero-order valence-corrected chi connectivity index (χ0v) is 47.3. The number of anilines is 1. The van der Waals surface area contributed by atoms with E-state index in [0.29, 0.717) is 17.3 Å². The van der Waals surface area contributed by atoms with E-state index in [1.807, 2.05) is 55.4 Å². The topological polar surface area (TPSA) is 6.48 Å². The molecule has 2 heteroatoms. The molecule has 0 bridgehead atoms. The number of benzene rings is 4. The van der Waals surface area contributed by atoms with Gasteiger partial charge >= 0.3 is 0 Å². The number of unbranched alkanes of at least 4 members (excludes halogenated alkanes) is 2. The number of hydrogen-bond donors (Lipinski definition) is 0. The highest BCUT2D eigenvalue weighted by molar-refractivity contribution is 5.52. The molecule has 382 valence electrons. The molecule has 0 amide bonds. The number of fused-ring (bicyclic) bond motifs is 1. The second-order valence-electron chi connectivity index (χ2n) is 18.3. The molecule has 2 aliphatic carbocycles. The Labute approximate surface area is 424 Å². The predicted octanol–water partition coefficient (Wildman–Crippen LogP) is 19.9. The van der Waals surface area contributed by atoms with Crippen molar-refractivity contribution in [3.8, 4) is 0 Å². The fraction of sp³-hybridized carbons (Fsp3) is 0.576. The second-order valence-corrected chi connectivity index (χ2v) is 18.3. The van der Waals surface area contributed by atoms with Crippen molar-refractivity contribution in [3.05, 3.63) is 162 Å². The van der Waals surface area contributed by atoms with Gasteiger partial charge in [0, 0.05) is 37.8 Å². The Hall–Kier alpha value is -3.88. The minimum atomic E-state index is 0.430. The zero-order chi connectivity index (χ0) is 51.3. The number of piperidine rings is 1. The Morgan fingerprint density at radius 2 is 1.18 bits per heavy atom. The van der Waals surface area contributed by atoms with Crippen LogP contribution in [0.2, 0.25) is 0 Å². The molecular weight excluding hydrogens is 821 g/mol.